The SMILES string of the molecule is Cc1cnn(C)c1C(CN)CC(=O)O. The van der Waals surface area contributed by atoms with E-state index in [2.05, 4.69) is 5.10 Å². The molecular weight excluding hydrogens is 182 g/mol. The topological polar surface area (TPSA) is 81.1 Å². The number of nitrogens with two attached hydrogens (primary N) is 1. The van der Waals surface area contributed by atoms with Gasteiger partial charge in [0.1, 0.15) is 0 Å². The number of carbonyl (C=O) groups is 1. The van der Waals surface area contributed by atoms with Crippen LogP contribution < -0.4 is 5.73 Å². The van der Waals surface area contributed by atoms with Crippen LogP contribution in [0.1, 0.15) is 23.6 Å². The first-order valence-electron chi connectivity index (χ1n) is 4.46. The molecule has 0 fully saturated rings. The van der Waals surface area contributed by atoms with E-state index in [4.69, 9.17) is 10.8 Å². The van der Waals surface area contributed by atoms with Crippen molar-refractivity contribution in [1.29, 1.82) is 0 Å². The maximum atomic E-state index is 10.6. The van der Waals surface area contributed by atoms with Gasteiger partial charge >= 0.3 is 5.97 Å². The lowest BCUT2D eigenvalue weighted by atomic mass is 9.99. The van der Waals surface area contributed by atoms with Crippen molar-refractivity contribution in [3.8, 4) is 0 Å². The van der Waals surface area contributed by atoms with E-state index in [1.165, 1.54) is 0 Å². The minimum absolute atomic E-state index is 0.0525. The second-order valence-corrected chi connectivity index (χ2v) is 3.37. The summed E-state index contributed by atoms with van der Waals surface area (Å²) in [5, 5.41) is 12.8. The summed E-state index contributed by atoms with van der Waals surface area (Å²) in [6.07, 6.45) is 1.77. The molecule has 0 aromatic carbocycles. The van der Waals surface area contributed by atoms with Crippen molar-refractivity contribution in [2.45, 2.75) is 19.3 Å². The largest absolute Gasteiger partial charge is 0.481 e. The van der Waals surface area contributed by atoms with E-state index in [0.29, 0.717) is 6.54 Å². The second kappa shape index (κ2) is 4.23. The molecule has 1 heterocycles. The van der Waals surface area contributed by atoms with Crippen LogP contribution >= 0.6 is 0 Å². The van der Waals surface area contributed by atoms with Gasteiger partial charge in [0.25, 0.3) is 0 Å². The maximum Gasteiger partial charge on any atom is 0.304 e. The Morgan fingerprint density at radius 2 is 2.43 bits per heavy atom. The van der Waals surface area contributed by atoms with Gasteiger partial charge in [0.05, 0.1) is 12.6 Å². The molecule has 5 heteroatoms. The molecule has 0 radical (unpaired) electrons. The van der Waals surface area contributed by atoms with Crippen LogP contribution in [0.2, 0.25) is 0 Å². The lowest BCUT2D eigenvalue weighted by Gasteiger charge is -2.13. The highest BCUT2D eigenvalue weighted by atomic mass is 16.4. The number of hydrogen-bond donors (Lipinski definition) is 2. The number of aromatic nitrogens is 2. The highest BCUT2D eigenvalue weighted by Crippen LogP contribution is 2.21. The molecule has 1 rings (SSSR count). The number of carboxylic acids is 1. The first-order chi connectivity index (χ1) is 6.56. The van der Waals surface area contributed by atoms with Gasteiger partial charge in [0, 0.05) is 25.2 Å². The van der Waals surface area contributed by atoms with Crippen molar-refractivity contribution in [3.05, 3.63) is 17.5 Å². The Hall–Kier alpha value is -1.36. The third kappa shape index (κ3) is 2.11. The molecule has 1 aromatic rings. The first-order valence-corrected chi connectivity index (χ1v) is 4.46. The summed E-state index contributed by atoms with van der Waals surface area (Å²) < 4.78 is 1.69. The van der Waals surface area contributed by atoms with Gasteiger partial charge in [0.2, 0.25) is 0 Å². The second-order valence-electron chi connectivity index (χ2n) is 3.37. The monoisotopic (exact) mass is 197 g/mol. The molecule has 0 saturated carbocycles. The molecule has 14 heavy (non-hydrogen) atoms. The fourth-order valence-electron chi connectivity index (χ4n) is 1.65. The summed E-state index contributed by atoms with van der Waals surface area (Å²) >= 11 is 0. The van der Waals surface area contributed by atoms with Crippen molar-refractivity contribution < 1.29 is 9.90 Å². The third-order valence-electron chi connectivity index (χ3n) is 2.27. The van der Waals surface area contributed by atoms with Crippen LogP contribution in [0, 0.1) is 6.92 Å². The Balaban J connectivity index is 2.94. The van der Waals surface area contributed by atoms with Gasteiger partial charge in [-0.15, -0.1) is 0 Å². The van der Waals surface area contributed by atoms with Crippen molar-refractivity contribution in [2.75, 3.05) is 6.54 Å². The smallest absolute Gasteiger partial charge is 0.304 e. The van der Waals surface area contributed by atoms with Gasteiger partial charge in [-0.2, -0.15) is 5.10 Å². The summed E-state index contributed by atoms with van der Waals surface area (Å²) in [6, 6.07) is 0. The standard InChI is InChI=1S/C9H15N3O2/c1-6-5-11-12(2)9(6)7(4-10)3-8(13)14/h5,7H,3-4,10H2,1-2H3,(H,13,14). The van der Waals surface area contributed by atoms with Crippen LogP contribution in [0.5, 0.6) is 0 Å². The van der Waals surface area contributed by atoms with Crippen LogP contribution in [0.3, 0.4) is 0 Å². The van der Waals surface area contributed by atoms with Gasteiger partial charge in [0.15, 0.2) is 0 Å². The molecule has 0 amide bonds. The molecule has 0 spiro atoms. The normalized spacial score (nSPS) is 12.8. The fraction of sp³-hybridized carbons (Fsp3) is 0.556. The number of rotatable bonds is 4. The van der Waals surface area contributed by atoms with Gasteiger partial charge in [-0.05, 0) is 12.5 Å². The summed E-state index contributed by atoms with van der Waals surface area (Å²) in [5.74, 6) is -0.985. The molecule has 0 saturated heterocycles. The zero-order valence-electron chi connectivity index (χ0n) is 8.40. The minimum atomic E-state index is -0.832. The average Bonchev–Trinajstić information content (AvgIpc) is 2.43. The summed E-state index contributed by atoms with van der Waals surface area (Å²) in [6.45, 7) is 2.24. The summed E-state index contributed by atoms with van der Waals surface area (Å²) in [7, 11) is 1.80. The van der Waals surface area contributed by atoms with E-state index in [0.717, 1.165) is 11.3 Å². The van der Waals surface area contributed by atoms with Crippen molar-refractivity contribution in [3.63, 3.8) is 0 Å². The van der Waals surface area contributed by atoms with Crippen LogP contribution in [0.15, 0.2) is 6.20 Å². The molecule has 1 unspecified atom stereocenters. The molecule has 0 aliphatic rings. The number of nitrogens with zero attached hydrogens (tertiary/aromatic N) is 2. The average molecular weight is 197 g/mol. The predicted octanol–water partition coefficient (Wildman–Crippen LogP) is 0.246. The fourth-order valence-corrected chi connectivity index (χ4v) is 1.65. The van der Waals surface area contributed by atoms with Crippen LogP contribution in [-0.4, -0.2) is 27.4 Å². The van der Waals surface area contributed by atoms with E-state index < -0.39 is 5.97 Å². The van der Waals surface area contributed by atoms with Crippen molar-refractivity contribution in [2.24, 2.45) is 12.8 Å². The molecule has 0 bridgehead atoms. The van der Waals surface area contributed by atoms with Gasteiger partial charge in [-0.1, -0.05) is 0 Å². The Kier molecular flexibility index (Phi) is 3.24. The van der Waals surface area contributed by atoms with Gasteiger partial charge in [-0.3, -0.25) is 9.48 Å². The molecule has 1 aromatic heterocycles. The molecule has 1 atom stereocenters. The zero-order chi connectivity index (χ0) is 10.7. The molecule has 0 aliphatic carbocycles. The van der Waals surface area contributed by atoms with Gasteiger partial charge in [-0.25, -0.2) is 0 Å². The Morgan fingerprint density at radius 3 is 2.79 bits per heavy atom. The Morgan fingerprint density at radius 1 is 1.79 bits per heavy atom. The number of aryl methyl sites for hydroxylation is 2. The lowest BCUT2D eigenvalue weighted by molar-refractivity contribution is -0.137. The quantitative estimate of drug-likeness (QED) is 0.724. The summed E-state index contributed by atoms with van der Waals surface area (Å²) in [5.41, 5.74) is 7.45. The summed E-state index contributed by atoms with van der Waals surface area (Å²) in [4.78, 5) is 10.6. The molecule has 5 nitrogen and oxygen atoms in total. The highest BCUT2D eigenvalue weighted by molar-refractivity contribution is 5.68. The molecule has 78 valence electrons. The number of hydrogen-bond acceptors (Lipinski definition) is 3. The maximum absolute atomic E-state index is 10.6. The van der Waals surface area contributed by atoms with E-state index in [-0.39, 0.29) is 12.3 Å². The lowest BCUT2D eigenvalue weighted by Crippen LogP contribution is -2.19. The van der Waals surface area contributed by atoms with Crippen LogP contribution in [0.25, 0.3) is 0 Å². The zero-order valence-corrected chi connectivity index (χ0v) is 8.40. The number of carboxylic acid groups (broad SMARTS) is 1. The Labute approximate surface area is 82.5 Å². The van der Waals surface area contributed by atoms with E-state index in [1.54, 1.807) is 17.9 Å². The Bertz CT molecular complexity index is 313. The third-order valence-corrected chi connectivity index (χ3v) is 2.27. The highest BCUT2D eigenvalue weighted by Gasteiger charge is 2.19. The van der Waals surface area contributed by atoms with E-state index in [1.807, 2.05) is 6.92 Å². The molecule has 0 aliphatic heterocycles. The van der Waals surface area contributed by atoms with Crippen molar-refractivity contribution >= 4 is 5.97 Å². The van der Waals surface area contributed by atoms with E-state index >= 15 is 0 Å². The van der Waals surface area contributed by atoms with Gasteiger partial charge < -0.3 is 10.8 Å². The number of aliphatic carboxylic acids is 1. The molecule has 3 N–H and O–H groups in total. The minimum Gasteiger partial charge on any atom is -0.481 e. The van der Waals surface area contributed by atoms with Crippen LogP contribution in [0.4, 0.5) is 0 Å². The first kappa shape index (κ1) is 10.7. The van der Waals surface area contributed by atoms with E-state index in [9.17, 15) is 4.79 Å². The molecular formula is C9H15N3O2. The predicted molar refractivity (Wildman–Crippen MR) is 52.0 cm³/mol. The van der Waals surface area contributed by atoms with Crippen LogP contribution in [-0.2, 0) is 11.8 Å². The van der Waals surface area contributed by atoms with Crippen molar-refractivity contribution in [1.82, 2.24) is 9.78 Å².